The predicted molar refractivity (Wildman–Crippen MR) is 322 cm³/mol. The van der Waals surface area contributed by atoms with Crippen molar-refractivity contribution in [2.75, 3.05) is 113 Å². The van der Waals surface area contributed by atoms with Crippen molar-refractivity contribution in [1.82, 2.24) is 44.5 Å². The number of benzene rings is 4. The van der Waals surface area contributed by atoms with Crippen LogP contribution in [0.1, 0.15) is 55.6 Å². The molecular weight excluding hydrogens is 1020 g/mol. The zero-order chi connectivity index (χ0) is 54.3. The van der Waals surface area contributed by atoms with Gasteiger partial charge in [0.05, 0.1) is 43.8 Å². The summed E-state index contributed by atoms with van der Waals surface area (Å²) in [6.45, 7) is 0. The second-order valence-corrected chi connectivity index (χ2v) is 25.8. The molecule has 20 heteroatoms. The maximum atomic E-state index is 5.59. The molecule has 8 bridgehead atoms. The van der Waals surface area contributed by atoms with Crippen molar-refractivity contribution in [2.24, 2.45) is 15.0 Å². The van der Waals surface area contributed by atoms with Gasteiger partial charge in [0, 0.05) is 23.0 Å². The molecule has 0 fully saturated rings. The summed E-state index contributed by atoms with van der Waals surface area (Å²) in [5.74, 6) is 9.81. The van der Waals surface area contributed by atoms with Crippen LogP contribution in [-0.2, 0) is 23.0 Å². The molecule has 0 radical (unpaired) electrons. The van der Waals surface area contributed by atoms with E-state index < -0.39 is 0 Å². The third-order valence-electron chi connectivity index (χ3n) is 13.5. The molecule has 0 aliphatic carbocycles. The van der Waals surface area contributed by atoms with Crippen LogP contribution in [0.5, 0.6) is 0 Å². The Morgan fingerprint density at radius 2 is 0.737 bits per heavy atom. The fourth-order valence-electron chi connectivity index (χ4n) is 10.4. The number of hydrogen-bond acceptors (Lipinski definition) is 16. The van der Waals surface area contributed by atoms with Gasteiger partial charge in [-0.1, -0.05) is 34.3 Å². The summed E-state index contributed by atoms with van der Waals surface area (Å²) >= 11 is 7.62. The highest BCUT2D eigenvalue weighted by molar-refractivity contribution is 7.99. The number of quaternary nitrogens is 1. The van der Waals surface area contributed by atoms with Crippen LogP contribution in [0.4, 0.5) is 0 Å². The van der Waals surface area contributed by atoms with Crippen molar-refractivity contribution >= 4 is 93.7 Å². The quantitative estimate of drug-likeness (QED) is 0.0654. The van der Waals surface area contributed by atoms with Gasteiger partial charge in [0.2, 0.25) is 5.84 Å². The van der Waals surface area contributed by atoms with Gasteiger partial charge in [0.15, 0.2) is 0 Å². The number of fused-ring (bicyclic) bond motifs is 15. The smallest absolute Gasteiger partial charge is 0.286 e. The summed E-state index contributed by atoms with van der Waals surface area (Å²) in [6, 6.07) is 27.1. The van der Waals surface area contributed by atoms with E-state index in [0.717, 1.165) is 113 Å². The van der Waals surface area contributed by atoms with Gasteiger partial charge in [-0.2, -0.15) is 0 Å². The van der Waals surface area contributed by atoms with E-state index in [4.69, 9.17) is 15.0 Å². The molecule has 4 aromatic carbocycles. The van der Waals surface area contributed by atoms with Crippen LogP contribution < -0.4 is 36.0 Å². The molecular formula is C56H78N16S4+4. The second kappa shape index (κ2) is 23.8. The Morgan fingerprint density at radius 3 is 1.14 bits per heavy atom. The van der Waals surface area contributed by atoms with E-state index in [-0.39, 0.29) is 22.0 Å². The van der Waals surface area contributed by atoms with Crippen molar-refractivity contribution < 1.29 is 20.3 Å². The number of amidine groups is 6. The number of aliphatic imine (C=N–C) groups is 3. The number of hydrogen-bond donors (Lipinski definition) is 5. The van der Waals surface area contributed by atoms with Crippen LogP contribution in [0.25, 0.3) is 11.6 Å². The standard InChI is InChI=1S/C56H74N16S4/c1-65(2)53(66(3)4)73-29-33-17-21-37-41(25-33)49-57-45(37)62-50-43-27-35(31-75-55(69(9)10)70(11)12)19-23-39(43)47(59-50)64-52-44-28-36(32-76-56(71(13)14)72(15)16)20-24-40(44)48(60-52)63-51-42-26-34(18-22-38(42)46(58-51)61-49)30-74-54(67(5)6)68(7)8/h17-28,53-56H,29-32H2,1-16H3,(H2,57,58,59,60,61,62,63,64)/p+4. The molecule has 5 aliphatic heterocycles. The zero-order valence-corrected chi connectivity index (χ0v) is 50.5. The Labute approximate surface area is 467 Å². The Kier molecular flexibility index (Phi) is 17.6. The lowest BCUT2D eigenvalue weighted by atomic mass is 10.0. The predicted octanol–water partition coefficient (Wildman–Crippen LogP) is -1.58. The summed E-state index contributed by atoms with van der Waals surface area (Å²) in [5, 5.41) is 8.32. The molecule has 0 aromatic heterocycles. The molecule has 5 heterocycles. The lowest BCUT2D eigenvalue weighted by molar-refractivity contribution is -0.469. The Morgan fingerprint density at radius 1 is 0.395 bits per heavy atom. The van der Waals surface area contributed by atoms with E-state index in [0.29, 0.717) is 0 Å². The van der Waals surface area contributed by atoms with Gasteiger partial charge in [-0.25, -0.2) is 25.6 Å². The van der Waals surface area contributed by atoms with Crippen LogP contribution in [0.2, 0.25) is 0 Å². The Balaban J connectivity index is 1.22. The van der Waals surface area contributed by atoms with E-state index >= 15 is 0 Å². The van der Waals surface area contributed by atoms with Crippen molar-refractivity contribution in [2.45, 2.75) is 45.0 Å². The molecule has 0 atom stereocenters. The molecule has 76 heavy (non-hydrogen) atoms. The molecule has 4 aromatic rings. The van der Waals surface area contributed by atoms with E-state index in [2.05, 4.69) is 250 Å². The van der Waals surface area contributed by atoms with Crippen LogP contribution in [0.3, 0.4) is 0 Å². The summed E-state index contributed by atoms with van der Waals surface area (Å²) in [7, 11) is 34.1. The zero-order valence-electron chi connectivity index (χ0n) is 47.2. The third-order valence-corrected chi connectivity index (χ3v) is 20.1. The van der Waals surface area contributed by atoms with Gasteiger partial charge < -0.3 is 0 Å². The first kappa shape index (κ1) is 56.2. The summed E-state index contributed by atoms with van der Waals surface area (Å²) in [5.41, 5.74) is 11.9. The number of nitrogens with two attached hydrogens (primary N) is 1. The topological polar surface area (TPSA) is 134 Å². The van der Waals surface area contributed by atoms with Gasteiger partial charge in [-0.3, -0.25) is 39.2 Å². The SMILES string of the molecule is CN(C)C(SCc1ccc2c(c1)C1=NC3=c4ccc(CSC(N(C)C)N(C)C)cc4=C(NC4=[NH+]C(=NC5=[NH+]C(=NC2=[NH+]1)c1cc(CSC(N(C)C)N(C)C)ccc15)c1cc(CSC(N(C)C)N(C)C)ccc14)[NH2+]3)N(C)C. The summed E-state index contributed by atoms with van der Waals surface area (Å²) in [6.07, 6.45) is 0. The highest BCUT2D eigenvalue weighted by atomic mass is 32.2. The van der Waals surface area contributed by atoms with Gasteiger partial charge in [-0.15, -0.1) is 47.0 Å². The fourth-order valence-corrected chi connectivity index (χ4v) is 14.8. The van der Waals surface area contributed by atoms with Crippen molar-refractivity contribution in [3.05, 3.63) is 139 Å². The van der Waals surface area contributed by atoms with Crippen molar-refractivity contribution in [3.63, 3.8) is 0 Å². The maximum Gasteiger partial charge on any atom is 0.312 e. The summed E-state index contributed by atoms with van der Waals surface area (Å²) in [4.78, 5) is 46.0. The van der Waals surface area contributed by atoms with Crippen molar-refractivity contribution in [1.29, 1.82) is 0 Å². The molecule has 0 spiro atoms. The molecule has 0 amide bonds. The molecule has 6 N–H and O–H groups in total. The van der Waals surface area contributed by atoms with Crippen LogP contribution >= 0.6 is 47.0 Å². The summed E-state index contributed by atoms with van der Waals surface area (Å²) < 4.78 is 0. The van der Waals surface area contributed by atoms with E-state index in [1.165, 1.54) is 22.3 Å². The van der Waals surface area contributed by atoms with Crippen LogP contribution in [-0.4, -0.2) is 209 Å². The van der Waals surface area contributed by atoms with Crippen molar-refractivity contribution in [3.8, 4) is 0 Å². The first-order chi connectivity index (χ1) is 36.2. The minimum atomic E-state index is 0.219. The van der Waals surface area contributed by atoms with E-state index in [1.54, 1.807) is 0 Å². The molecule has 402 valence electrons. The molecule has 5 aliphatic rings. The minimum absolute atomic E-state index is 0.219. The van der Waals surface area contributed by atoms with Crippen LogP contribution in [0.15, 0.2) is 87.8 Å². The molecule has 0 saturated carbocycles. The monoisotopic (exact) mass is 1100 g/mol. The fraction of sp³-hybridized carbons (Fsp3) is 0.429. The van der Waals surface area contributed by atoms with E-state index in [1.807, 2.05) is 47.0 Å². The minimum Gasteiger partial charge on any atom is -0.286 e. The van der Waals surface area contributed by atoms with Gasteiger partial charge in [0.25, 0.3) is 35.0 Å². The maximum absolute atomic E-state index is 5.59. The molecule has 9 rings (SSSR count). The lowest BCUT2D eigenvalue weighted by Gasteiger charge is -2.29. The Hall–Kier alpha value is -4.52. The van der Waals surface area contributed by atoms with Crippen LogP contribution in [0, 0.1) is 0 Å². The molecule has 16 nitrogen and oxygen atoms in total. The lowest BCUT2D eigenvalue weighted by Crippen LogP contribution is -2.84. The van der Waals surface area contributed by atoms with Gasteiger partial charge >= 0.3 is 5.82 Å². The number of thioether (sulfide) groups is 4. The average Bonchev–Trinajstić information content (AvgIpc) is 4.08. The first-order valence-electron chi connectivity index (χ1n) is 25.6. The number of nitrogens with zero attached hydrogens (tertiary/aromatic N) is 11. The normalized spacial score (nSPS) is 15.8. The van der Waals surface area contributed by atoms with Gasteiger partial charge in [0.1, 0.15) is 22.0 Å². The van der Waals surface area contributed by atoms with E-state index in [9.17, 15) is 0 Å². The number of rotatable bonds is 20. The highest BCUT2D eigenvalue weighted by Gasteiger charge is 2.38. The molecule has 0 saturated heterocycles. The van der Waals surface area contributed by atoms with Gasteiger partial charge in [-0.05, 0) is 189 Å². The first-order valence-corrected chi connectivity index (χ1v) is 29.8. The Bertz CT molecular complexity index is 3160. The average molecular weight is 1100 g/mol. The number of nitrogens with one attached hydrogen (secondary N) is 4. The largest absolute Gasteiger partial charge is 0.312 e. The third kappa shape index (κ3) is 12.2. The molecule has 0 unspecified atom stereocenters. The highest BCUT2D eigenvalue weighted by Crippen LogP contribution is 2.28. The second-order valence-electron chi connectivity index (χ2n) is 21.7.